The molecule has 0 aromatic carbocycles. The monoisotopic (exact) mass is 217 g/mol. The predicted octanol–water partition coefficient (Wildman–Crippen LogP) is 1.31. The number of piperidine rings is 3. The topological polar surface area (TPSA) is 48.0 Å². The van der Waals surface area contributed by atoms with Gasteiger partial charge in [0, 0.05) is 18.5 Å². The molecule has 6 heterocycles. The van der Waals surface area contributed by atoms with Crippen LogP contribution < -0.4 is 0 Å². The second kappa shape index (κ2) is 1.97. The summed E-state index contributed by atoms with van der Waals surface area (Å²) < 4.78 is 27.8. The van der Waals surface area contributed by atoms with Crippen molar-refractivity contribution < 1.29 is 18.1 Å². The molecule has 0 amide bonds. The molecule has 14 heavy (non-hydrogen) atoms. The second-order valence-electron chi connectivity index (χ2n) is 4.89. The molecule has 1 atom stereocenters. The number of nitrogens with zero attached hydrogens (tertiary/aromatic N) is 1. The van der Waals surface area contributed by atoms with Crippen LogP contribution in [0, 0.1) is 5.41 Å². The van der Waals surface area contributed by atoms with Crippen molar-refractivity contribution in [1.29, 1.82) is 0 Å². The van der Waals surface area contributed by atoms with Crippen LogP contribution >= 0.6 is 7.82 Å². The summed E-state index contributed by atoms with van der Waals surface area (Å²) in [5.41, 5.74) is 0.0808. The molecule has 0 aromatic rings. The van der Waals surface area contributed by atoms with Crippen LogP contribution in [0.4, 0.5) is 0 Å². The molecule has 1 unspecified atom stereocenters. The van der Waals surface area contributed by atoms with Crippen LogP contribution in [0.1, 0.15) is 19.8 Å². The smallest absolute Gasteiger partial charge is 0.275 e. The van der Waals surface area contributed by atoms with Crippen LogP contribution in [0.15, 0.2) is 0 Å². The van der Waals surface area contributed by atoms with Crippen molar-refractivity contribution in [1.82, 2.24) is 4.90 Å². The predicted molar refractivity (Wildman–Crippen MR) is 46.3 cm³/mol. The lowest BCUT2D eigenvalue weighted by atomic mass is 9.70. The Morgan fingerprint density at radius 2 is 2.00 bits per heavy atom. The van der Waals surface area contributed by atoms with Crippen molar-refractivity contribution in [3.8, 4) is 0 Å². The van der Waals surface area contributed by atoms with E-state index in [1.54, 1.807) is 0 Å². The standard InChI is InChI=1S/C8H12NO4P/c1-7-2-4-9(5-3-7)8-6(7)11-14(10,12-8)13-8/h6H,2-5H2,1H3. The third-order valence-corrected chi connectivity index (χ3v) is 5.47. The third kappa shape index (κ3) is 0.668. The van der Waals surface area contributed by atoms with E-state index in [4.69, 9.17) is 13.6 Å². The fraction of sp³-hybridized carbons (Fsp3) is 1.00. The van der Waals surface area contributed by atoms with Gasteiger partial charge in [-0.25, -0.2) is 18.5 Å². The van der Waals surface area contributed by atoms with Crippen LogP contribution in [0.3, 0.4) is 0 Å². The first-order valence-electron chi connectivity index (χ1n) is 5.01. The number of hydrogen-bond donors (Lipinski definition) is 0. The summed E-state index contributed by atoms with van der Waals surface area (Å²) in [7, 11) is -3.13. The van der Waals surface area contributed by atoms with Crippen molar-refractivity contribution in [3.05, 3.63) is 0 Å². The Labute approximate surface area is 81.9 Å². The largest absolute Gasteiger partial charge is 0.482 e. The summed E-state index contributed by atoms with van der Waals surface area (Å²) in [6.45, 7) is 4.09. The van der Waals surface area contributed by atoms with Gasteiger partial charge in [-0.1, -0.05) is 6.92 Å². The van der Waals surface area contributed by atoms with Crippen LogP contribution in [0.2, 0.25) is 0 Å². The Hall–Kier alpha value is 0.0700. The summed E-state index contributed by atoms with van der Waals surface area (Å²) in [5.74, 6) is -0.777. The second-order valence-corrected chi connectivity index (χ2v) is 6.36. The third-order valence-electron chi connectivity index (χ3n) is 4.03. The number of phosphoric ester groups is 1. The summed E-state index contributed by atoms with van der Waals surface area (Å²) >= 11 is 0. The van der Waals surface area contributed by atoms with Gasteiger partial charge in [-0.15, -0.1) is 0 Å². The molecule has 6 heteroatoms. The van der Waals surface area contributed by atoms with E-state index >= 15 is 0 Å². The summed E-state index contributed by atoms with van der Waals surface area (Å²) in [4.78, 5) is 2.12. The van der Waals surface area contributed by atoms with E-state index in [1.807, 2.05) is 0 Å². The summed E-state index contributed by atoms with van der Waals surface area (Å²) in [6.07, 6.45) is 2.00. The highest BCUT2D eigenvalue weighted by Gasteiger charge is 2.80. The summed E-state index contributed by atoms with van der Waals surface area (Å²) in [5, 5.41) is 0. The molecule has 78 valence electrons. The lowest BCUT2D eigenvalue weighted by Gasteiger charge is -2.57. The zero-order valence-corrected chi connectivity index (χ0v) is 8.83. The molecule has 5 nitrogen and oxygen atoms in total. The molecule has 1 spiro atoms. The molecule has 0 saturated carbocycles. The Morgan fingerprint density at radius 1 is 1.36 bits per heavy atom. The minimum absolute atomic E-state index is 0.0808. The van der Waals surface area contributed by atoms with Crippen molar-refractivity contribution in [2.45, 2.75) is 31.8 Å². The van der Waals surface area contributed by atoms with E-state index in [0.29, 0.717) is 0 Å². The molecule has 6 rings (SSSR count). The first-order chi connectivity index (χ1) is 6.57. The van der Waals surface area contributed by atoms with E-state index in [-0.39, 0.29) is 11.5 Å². The lowest BCUT2D eigenvalue weighted by Crippen LogP contribution is -2.70. The van der Waals surface area contributed by atoms with Gasteiger partial charge in [0.1, 0.15) is 6.10 Å². The Bertz CT molecular complexity index is 352. The Balaban J connectivity index is 1.87. The molecule has 0 aromatic heterocycles. The normalized spacial score (nSPS) is 68.9. The number of fused-ring (bicyclic) bond motifs is 2. The quantitative estimate of drug-likeness (QED) is 0.572. The fourth-order valence-corrected chi connectivity index (χ4v) is 4.91. The fourth-order valence-electron chi connectivity index (χ4n) is 3.10. The van der Waals surface area contributed by atoms with Crippen molar-refractivity contribution >= 4 is 7.82 Å². The number of phosphoric acid groups is 1. The zero-order valence-electron chi connectivity index (χ0n) is 7.93. The van der Waals surface area contributed by atoms with E-state index in [2.05, 4.69) is 11.8 Å². The molecule has 6 fully saturated rings. The molecule has 6 aliphatic rings. The molecule has 6 aliphatic heterocycles. The SMILES string of the molecule is CC12CCN(CC1)C13OP(=O)(OC21)O3. The minimum Gasteiger partial charge on any atom is -0.275 e. The Kier molecular flexibility index (Phi) is 1.16. The van der Waals surface area contributed by atoms with E-state index in [0.717, 1.165) is 25.9 Å². The first-order valence-corrected chi connectivity index (χ1v) is 6.48. The average molecular weight is 217 g/mol. The highest BCUT2D eigenvalue weighted by atomic mass is 31.2. The van der Waals surface area contributed by atoms with Gasteiger partial charge >= 0.3 is 7.82 Å². The number of rotatable bonds is 0. The van der Waals surface area contributed by atoms with Crippen LogP contribution in [-0.4, -0.2) is 30.0 Å². The van der Waals surface area contributed by atoms with Crippen LogP contribution in [0.5, 0.6) is 0 Å². The maximum atomic E-state index is 11.6. The molecule has 4 bridgehead atoms. The molecule has 0 N–H and O–H groups in total. The molecule has 6 saturated heterocycles. The van der Waals surface area contributed by atoms with Gasteiger partial charge in [0.25, 0.3) is 5.91 Å². The van der Waals surface area contributed by atoms with E-state index in [1.165, 1.54) is 0 Å². The highest BCUT2D eigenvalue weighted by molar-refractivity contribution is 7.50. The molecular weight excluding hydrogens is 205 g/mol. The van der Waals surface area contributed by atoms with E-state index in [9.17, 15) is 4.57 Å². The molecule has 0 radical (unpaired) electrons. The lowest BCUT2D eigenvalue weighted by molar-refractivity contribution is -0.329. The van der Waals surface area contributed by atoms with Crippen LogP contribution in [-0.2, 0) is 18.1 Å². The maximum Gasteiger partial charge on any atom is 0.482 e. The minimum atomic E-state index is -3.13. The van der Waals surface area contributed by atoms with Gasteiger partial charge in [0.15, 0.2) is 0 Å². The van der Waals surface area contributed by atoms with Gasteiger partial charge in [0.05, 0.1) is 0 Å². The van der Waals surface area contributed by atoms with Gasteiger partial charge in [-0.2, -0.15) is 0 Å². The van der Waals surface area contributed by atoms with Crippen molar-refractivity contribution in [3.63, 3.8) is 0 Å². The maximum absolute atomic E-state index is 11.6. The average Bonchev–Trinajstić information content (AvgIpc) is 2.56. The zero-order chi connectivity index (χ0) is 9.60. The molecular formula is C8H12NO4P. The van der Waals surface area contributed by atoms with Gasteiger partial charge in [-0.05, 0) is 12.8 Å². The highest BCUT2D eigenvalue weighted by Crippen LogP contribution is 2.79. The van der Waals surface area contributed by atoms with Crippen LogP contribution in [0.25, 0.3) is 0 Å². The first kappa shape index (κ1) is 8.25. The van der Waals surface area contributed by atoms with Gasteiger partial charge in [-0.3, -0.25) is 4.52 Å². The van der Waals surface area contributed by atoms with Gasteiger partial charge < -0.3 is 0 Å². The van der Waals surface area contributed by atoms with Crippen molar-refractivity contribution in [2.75, 3.05) is 13.1 Å². The van der Waals surface area contributed by atoms with Gasteiger partial charge in [0.2, 0.25) is 0 Å². The Morgan fingerprint density at radius 3 is 2.57 bits per heavy atom. The van der Waals surface area contributed by atoms with Crippen molar-refractivity contribution in [2.24, 2.45) is 5.41 Å². The summed E-state index contributed by atoms with van der Waals surface area (Å²) in [6, 6.07) is 0. The van der Waals surface area contributed by atoms with E-state index < -0.39 is 13.7 Å². The number of hydrogen-bond acceptors (Lipinski definition) is 5. The molecule has 0 aliphatic carbocycles.